The molecule has 3 heterocycles. The first-order chi connectivity index (χ1) is 14.3. The molecular formula is C20H21N5O4S. The highest BCUT2D eigenvalue weighted by Gasteiger charge is 2.36. The number of amides is 1. The monoisotopic (exact) mass is 427 g/mol. The van der Waals surface area contributed by atoms with Gasteiger partial charge in [0.05, 0.1) is 0 Å². The summed E-state index contributed by atoms with van der Waals surface area (Å²) in [6.45, 7) is 2.55. The summed E-state index contributed by atoms with van der Waals surface area (Å²) in [5, 5.41) is 9.10. The van der Waals surface area contributed by atoms with Crippen molar-refractivity contribution in [2.75, 3.05) is 0 Å². The first-order valence-electron chi connectivity index (χ1n) is 9.54. The number of rotatable bonds is 6. The fourth-order valence-electron chi connectivity index (χ4n) is 3.45. The van der Waals surface area contributed by atoms with Crippen LogP contribution in [0.4, 0.5) is 0 Å². The van der Waals surface area contributed by atoms with Gasteiger partial charge in [-0.05, 0) is 30.0 Å². The van der Waals surface area contributed by atoms with Crippen molar-refractivity contribution in [3.8, 4) is 11.4 Å². The average Bonchev–Trinajstić information content (AvgIpc) is 3.35. The lowest BCUT2D eigenvalue weighted by Gasteiger charge is -2.22. The number of hydrogen-bond donors (Lipinski definition) is 1. The Balaban J connectivity index is 1.58. The van der Waals surface area contributed by atoms with Crippen molar-refractivity contribution in [1.29, 1.82) is 0 Å². The Kier molecular flexibility index (Phi) is 5.35. The Hall–Kier alpha value is -3.11. The molecule has 1 fully saturated rings. The third kappa shape index (κ3) is 4.10. The van der Waals surface area contributed by atoms with Gasteiger partial charge in [0, 0.05) is 30.9 Å². The second-order valence-electron chi connectivity index (χ2n) is 7.16. The third-order valence-corrected chi connectivity index (χ3v) is 6.02. The van der Waals surface area contributed by atoms with Crippen molar-refractivity contribution in [1.82, 2.24) is 20.0 Å². The van der Waals surface area contributed by atoms with E-state index in [1.807, 2.05) is 12.1 Å². The minimum absolute atomic E-state index is 0.0252. The Morgan fingerprint density at radius 1 is 1.20 bits per heavy atom. The van der Waals surface area contributed by atoms with Crippen LogP contribution in [0.5, 0.6) is 0 Å². The summed E-state index contributed by atoms with van der Waals surface area (Å²) in [4.78, 5) is 22.3. The Labute approximate surface area is 174 Å². The summed E-state index contributed by atoms with van der Waals surface area (Å²) in [5.74, 6) is 0.522. The summed E-state index contributed by atoms with van der Waals surface area (Å²) in [6, 6.07) is 9.15. The van der Waals surface area contributed by atoms with E-state index in [1.54, 1.807) is 4.90 Å². The van der Waals surface area contributed by atoms with Gasteiger partial charge in [-0.25, -0.2) is 13.6 Å². The van der Waals surface area contributed by atoms with Gasteiger partial charge in [0.1, 0.15) is 10.9 Å². The number of nitrogens with zero attached hydrogens (tertiary/aromatic N) is 4. The minimum atomic E-state index is -3.90. The molecule has 0 radical (unpaired) electrons. The fourth-order valence-corrected chi connectivity index (χ4v) is 3.95. The standard InChI is InChI=1S/C20H21N5O4S/c1-2-13-3-5-14(6-4-13)12-25-17(7-8-18(25)26)20-23-19(24-29-20)15-9-16(11-22-10-15)30(21,27)28/h3-6,9-11,17H,2,7-8,12H2,1H3,(H2,21,27,28). The highest BCUT2D eigenvalue weighted by atomic mass is 32.2. The molecule has 1 aliphatic heterocycles. The number of aromatic nitrogens is 3. The summed E-state index contributed by atoms with van der Waals surface area (Å²) < 4.78 is 28.5. The van der Waals surface area contributed by atoms with Crippen molar-refractivity contribution in [2.45, 2.75) is 43.7 Å². The van der Waals surface area contributed by atoms with Crippen LogP contribution in [0.15, 0.2) is 52.1 Å². The lowest BCUT2D eigenvalue weighted by molar-refractivity contribution is -0.129. The lowest BCUT2D eigenvalue weighted by Crippen LogP contribution is -2.27. The molecule has 9 nitrogen and oxygen atoms in total. The molecule has 1 unspecified atom stereocenters. The van der Waals surface area contributed by atoms with Gasteiger partial charge >= 0.3 is 0 Å². The van der Waals surface area contributed by atoms with Crippen molar-refractivity contribution < 1.29 is 17.7 Å². The maximum atomic E-state index is 12.5. The molecule has 0 saturated carbocycles. The number of carbonyl (C=O) groups excluding carboxylic acids is 1. The number of nitrogens with two attached hydrogens (primary N) is 1. The number of carbonyl (C=O) groups is 1. The van der Waals surface area contributed by atoms with Gasteiger partial charge in [0.25, 0.3) is 0 Å². The number of primary sulfonamides is 1. The molecule has 3 aromatic rings. The van der Waals surface area contributed by atoms with Crippen LogP contribution in [-0.2, 0) is 27.8 Å². The zero-order chi connectivity index (χ0) is 21.3. The van der Waals surface area contributed by atoms with Crippen LogP contribution in [0, 0.1) is 0 Å². The molecule has 0 bridgehead atoms. The van der Waals surface area contributed by atoms with E-state index in [0.717, 1.165) is 18.2 Å². The maximum absolute atomic E-state index is 12.5. The van der Waals surface area contributed by atoms with Crippen LogP contribution in [0.3, 0.4) is 0 Å². The zero-order valence-corrected chi connectivity index (χ0v) is 17.2. The smallest absolute Gasteiger partial charge is 0.249 e. The van der Waals surface area contributed by atoms with E-state index in [0.29, 0.717) is 30.8 Å². The second kappa shape index (κ2) is 7.96. The molecular weight excluding hydrogens is 406 g/mol. The van der Waals surface area contributed by atoms with E-state index in [-0.39, 0.29) is 22.7 Å². The lowest BCUT2D eigenvalue weighted by atomic mass is 10.1. The molecule has 156 valence electrons. The quantitative estimate of drug-likeness (QED) is 0.638. The molecule has 0 aliphatic carbocycles. The second-order valence-corrected chi connectivity index (χ2v) is 8.72. The van der Waals surface area contributed by atoms with Crippen LogP contribution in [0.1, 0.15) is 42.8 Å². The number of sulfonamides is 1. The van der Waals surface area contributed by atoms with E-state index in [9.17, 15) is 13.2 Å². The topological polar surface area (TPSA) is 132 Å². The Bertz CT molecular complexity index is 1170. The maximum Gasteiger partial charge on any atom is 0.249 e. The number of benzene rings is 1. The van der Waals surface area contributed by atoms with Gasteiger partial charge < -0.3 is 9.42 Å². The van der Waals surface area contributed by atoms with Gasteiger partial charge in [-0.15, -0.1) is 0 Å². The van der Waals surface area contributed by atoms with Gasteiger partial charge in [0.15, 0.2) is 0 Å². The number of likely N-dealkylation sites (tertiary alicyclic amines) is 1. The zero-order valence-electron chi connectivity index (χ0n) is 16.4. The van der Waals surface area contributed by atoms with Crippen molar-refractivity contribution in [3.05, 3.63) is 59.7 Å². The predicted octanol–water partition coefficient (Wildman–Crippen LogP) is 2.21. The van der Waals surface area contributed by atoms with E-state index >= 15 is 0 Å². The molecule has 1 aliphatic rings. The van der Waals surface area contributed by atoms with Crippen LogP contribution < -0.4 is 5.14 Å². The largest absolute Gasteiger partial charge is 0.337 e. The Morgan fingerprint density at radius 3 is 2.63 bits per heavy atom. The van der Waals surface area contributed by atoms with Gasteiger partial charge in [-0.3, -0.25) is 9.78 Å². The SMILES string of the molecule is CCc1ccc(CN2C(=O)CCC2c2nc(-c3cncc(S(N)(=O)=O)c3)no2)cc1. The summed E-state index contributed by atoms with van der Waals surface area (Å²) in [6.07, 6.45) is 4.51. The third-order valence-electron chi connectivity index (χ3n) is 5.14. The summed E-state index contributed by atoms with van der Waals surface area (Å²) >= 11 is 0. The molecule has 2 N–H and O–H groups in total. The number of aryl methyl sites for hydroxylation is 1. The molecule has 1 aromatic carbocycles. The van der Waals surface area contributed by atoms with Crippen LogP contribution in [-0.4, -0.2) is 34.3 Å². The Morgan fingerprint density at radius 2 is 1.93 bits per heavy atom. The molecule has 1 amide bonds. The number of hydrogen-bond acceptors (Lipinski definition) is 7. The molecule has 0 spiro atoms. The highest BCUT2D eigenvalue weighted by molar-refractivity contribution is 7.89. The first-order valence-corrected chi connectivity index (χ1v) is 11.1. The van der Waals surface area contributed by atoms with Gasteiger partial charge in [-0.1, -0.05) is 36.3 Å². The van der Waals surface area contributed by atoms with E-state index in [1.165, 1.54) is 17.8 Å². The van der Waals surface area contributed by atoms with Crippen molar-refractivity contribution in [3.63, 3.8) is 0 Å². The van der Waals surface area contributed by atoms with Gasteiger partial charge in [0.2, 0.25) is 27.6 Å². The van der Waals surface area contributed by atoms with Crippen LogP contribution in [0.25, 0.3) is 11.4 Å². The van der Waals surface area contributed by atoms with E-state index in [2.05, 4.69) is 34.2 Å². The normalized spacial score (nSPS) is 16.9. The molecule has 1 saturated heterocycles. The van der Waals surface area contributed by atoms with Crippen LogP contribution >= 0.6 is 0 Å². The molecule has 30 heavy (non-hydrogen) atoms. The fraction of sp³-hybridized carbons (Fsp3) is 0.300. The van der Waals surface area contributed by atoms with E-state index in [4.69, 9.17) is 9.66 Å². The number of pyridine rings is 1. The molecule has 2 aromatic heterocycles. The molecule has 1 atom stereocenters. The predicted molar refractivity (Wildman–Crippen MR) is 107 cm³/mol. The van der Waals surface area contributed by atoms with Crippen LogP contribution in [0.2, 0.25) is 0 Å². The first kappa shape index (κ1) is 20.2. The highest BCUT2D eigenvalue weighted by Crippen LogP contribution is 2.34. The van der Waals surface area contributed by atoms with Crippen molar-refractivity contribution >= 4 is 15.9 Å². The van der Waals surface area contributed by atoms with Gasteiger partial charge in [-0.2, -0.15) is 4.98 Å². The molecule has 4 rings (SSSR count). The van der Waals surface area contributed by atoms with Crippen molar-refractivity contribution in [2.24, 2.45) is 5.14 Å². The van der Waals surface area contributed by atoms with E-state index < -0.39 is 10.0 Å². The average molecular weight is 427 g/mol. The summed E-state index contributed by atoms with van der Waals surface area (Å²) in [7, 11) is -3.90. The molecule has 10 heteroatoms. The minimum Gasteiger partial charge on any atom is -0.337 e. The summed E-state index contributed by atoms with van der Waals surface area (Å²) in [5.41, 5.74) is 2.62.